The standard InChI is InChI=1S/C19H17N5O2.2C8H12O5S/c20-17(21)14-2-1-13-10-16(8-5-12(13)9-14)26-18(25)11-3-6-15(7-4-11)24-19(22)23;2*1-8(2)3-5(9)7(6(10)4-8)14(11,12)13/h1-10H,(H3,20,21)(H4,22,23,24);2*7H,3-4H2,1-2H3,(H,11,12,13). The number of nitrogen functional groups attached to an aromatic ring is 1. The van der Waals surface area contributed by atoms with Gasteiger partial charge in [0, 0.05) is 36.9 Å². The van der Waals surface area contributed by atoms with Gasteiger partial charge in [-0.25, -0.2) is 4.79 Å². The maximum absolute atomic E-state index is 12.3. The highest BCUT2D eigenvalue weighted by molar-refractivity contribution is 7.88. The van der Waals surface area contributed by atoms with Crippen LogP contribution in [0, 0.1) is 21.6 Å². The van der Waals surface area contributed by atoms with Gasteiger partial charge < -0.3 is 21.5 Å². The maximum atomic E-state index is 12.3. The Balaban J connectivity index is 0.000000238. The first-order valence-electron chi connectivity index (χ1n) is 16.0. The van der Waals surface area contributed by atoms with Crippen LogP contribution < -0.4 is 21.5 Å². The van der Waals surface area contributed by atoms with Crippen molar-refractivity contribution in [3.8, 4) is 5.75 Å². The Bertz CT molecular complexity index is 2130. The molecule has 0 unspecified atom stereocenters. The molecule has 5 rings (SSSR count). The summed E-state index contributed by atoms with van der Waals surface area (Å²) in [6.45, 7) is 6.85. The van der Waals surface area contributed by atoms with Gasteiger partial charge in [0.05, 0.1) is 5.56 Å². The fourth-order valence-corrected chi connectivity index (χ4v) is 7.53. The number of ether oxygens (including phenoxy) is 1. The van der Waals surface area contributed by atoms with Crippen LogP contribution in [0.5, 0.6) is 5.75 Å². The van der Waals surface area contributed by atoms with Gasteiger partial charge in [-0.3, -0.25) is 39.1 Å². The molecule has 19 heteroatoms. The average Bonchev–Trinajstić information content (AvgIpc) is 2.98. The third-order valence-electron chi connectivity index (χ3n) is 8.11. The van der Waals surface area contributed by atoms with E-state index in [0.717, 1.165) is 10.8 Å². The molecule has 0 radical (unpaired) electrons. The summed E-state index contributed by atoms with van der Waals surface area (Å²) in [5, 5.41) is 15.4. The molecule has 2 aliphatic rings. The number of benzene rings is 3. The number of nitrogens with two attached hydrogens (primary N) is 2. The van der Waals surface area contributed by atoms with Crippen LogP contribution in [0.1, 0.15) is 69.3 Å². The Morgan fingerprint density at radius 2 is 1.07 bits per heavy atom. The molecule has 54 heavy (non-hydrogen) atoms. The van der Waals surface area contributed by atoms with Gasteiger partial charge in [0.15, 0.2) is 29.1 Å². The number of esters is 1. The fourth-order valence-electron chi connectivity index (χ4n) is 5.87. The predicted octanol–water partition coefficient (Wildman–Crippen LogP) is 3.05. The first-order chi connectivity index (χ1) is 24.7. The summed E-state index contributed by atoms with van der Waals surface area (Å²) in [5.41, 5.74) is 11.4. The van der Waals surface area contributed by atoms with Crippen LogP contribution in [0.2, 0.25) is 0 Å². The van der Waals surface area contributed by atoms with E-state index in [1.165, 1.54) is 0 Å². The monoisotopic (exact) mass is 787 g/mol. The molecule has 0 heterocycles. The number of ketones is 4. The van der Waals surface area contributed by atoms with Crippen molar-refractivity contribution in [2.24, 2.45) is 22.3 Å². The van der Waals surface area contributed by atoms with Crippen molar-refractivity contribution in [2.75, 3.05) is 5.32 Å². The number of guanidine groups is 1. The Hall–Kier alpha value is -5.37. The van der Waals surface area contributed by atoms with E-state index >= 15 is 0 Å². The molecule has 2 fully saturated rings. The van der Waals surface area contributed by atoms with Gasteiger partial charge in [0.25, 0.3) is 20.2 Å². The molecule has 0 bridgehead atoms. The number of nitrogens with one attached hydrogen (secondary N) is 3. The van der Waals surface area contributed by atoms with Gasteiger partial charge in [0.2, 0.25) is 10.5 Å². The summed E-state index contributed by atoms with van der Waals surface area (Å²) < 4.78 is 65.7. The Labute approximate surface area is 311 Å². The molecule has 290 valence electrons. The molecule has 2 saturated carbocycles. The van der Waals surface area contributed by atoms with E-state index in [1.54, 1.807) is 70.2 Å². The second kappa shape index (κ2) is 16.3. The van der Waals surface area contributed by atoms with Crippen molar-refractivity contribution in [1.29, 1.82) is 10.8 Å². The third kappa shape index (κ3) is 11.8. The maximum Gasteiger partial charge on any atom is 0.343 e. The van der Waals surface area contributed by atoms with Crippen LogP contribution in [0.25, 0.3) is 10.8 Å². The number of Topliss-reactive ketones (excluding diaryl/α,β-unsaturated/α-hetero) is 4. The molecule has 9 N–H and O–H groups in total. The molecule has 3 aromatic rings. The van der Waals surface area contributed by atoms with Gasteiger partial charge >= 0.3 is 5.97 Å². The van der Waals surface area contributed by atoms with Gasteiger partial charge in [-0.1, -0.05) is 45.9 Å². The largest absolute Gasteiger partial charge is 0.423 e. The van der Waals surface area contributed by atoms with Gasteiger partial charge in [0.1, 0.15) is 11.6 Å². The molecule has 17 nitrogen and oxygen atoms in total. The van der Waals surface area contributed by atoms with E-state index in [9.17, 15) is 40.8 Å². The minimum atomic E-state index is -4.57. The Morgan fingerprint density at radius 1 is 0.685 bits per heavy atom. The van der Waals surface area contributed by atoms with E-state index in [0.29, 0.717) is 22.6 Å². The van der Waals surface area contributed by atoms with Crippen LogP contribution in [0.15, 0.2) is 60.7 Å². The molecule has 0 saturated heterocycles. The van der Waals surface area contributed by atoms with Crippen molar-refractivity contribution in [3.05, 3.63) is 71.8 Å². The molecule has 0 aromatic heterocycles. The van der Waals surface area contributed by atoms with Gasteiger partial charge in [-0.2, -0.15) is 16.8 Å². The average molecular weight is 788 g/mol. The number of carbonyl (C=O) groups is 5. The lowest BCUT2D eigenvalue weighted by Gasteiger charge is -2.30. The number of rotatable bonds is 6. The van der Waals surface area contributed by atoms with E-state index < -0.39 is 70.7 Å². The van der Waals surface area contributed by atoms with E-state index in [2.05, 4.69) is 5.32 Å². The van der Waals surface area contributed by atoms with Crippen molar-refractivity contribution in [2.45, 2.75) is 63.9 Å². The minimum absolute atomic E-state index is 0.00317. The summed E-state index contributed by atoms with van der Waals surface area (Å²) in [6, 6.07) is 17.1. The highest BCUT2D eigenvalue weighted by Gasteiger charge is 2.47. The molecule has 3 aromatic carbocycles. The predicted molar refractivity (Wildman–Crippen MR) is 199 cm³/mol. The molecule has 0 aliphatic heterocycles. The molecule has 0 spiro atoms. The smallest absolute Gasteiger partial charge is 0.343 e. The lowest BCUT2D eigenvalue weighted by molar-refractivity contribution is -0.134. The first kappa shape index (κ1) is 43.0. The second-order valence-electron chi connectivity index (χ2n) is 14.3. The number of fused-ring (bicyclic) bond motifs is 1. The van der Waals surface area contributed by atoms with Crippen molar-refractivity contribution in [3.63, 3.8) is 0 Å². The first-order valence-corrected chi connectivity index (χ1v) is 19.0. The van der Waals surface area contributed by atoms with Crippen LogP contribution in [-0.2, 0) is 39.4 Å². The fraction of sp³-hybridized carbons (Fsp3) is 0.343. The zero-order valence-electron chi connectivity index (χ0n) is 29.7. The van der Waals surface area contributed by atoms with Crippen LogP contribution in [0.3, 0.4) is 0 Å². The van der Waals surface area contributed by atoms with E-state index in [4.69, 9.17) is 36.1 Å². The number of hydrogen-bond acceptors (Lipinski definition) is 12. The Morgan fingerprint density at radius 3 is 1.46 bits per heavy atom. The zero-order chi connectivity index (χ0) is 41.0. The number of amidine groups is 1. The number of anilines is 1. The van der Waals surface area contributed by atoms with Gasteiger partial charge in [-0.05, 0) is 64.1 Å². The molecular formula is C35H41N5O12S2. The minimum Gasteiger partial charge on any atom is -0.423 e. The SMILES string of the molecule is CC1(C)CC(=O)C(S(=O)(=O)O)C(=O)C1.CC1(C)CC(=O)C(S(=O)(=O)O)C(=O)C1.N=C(N)Nc1ccc(C(=O)Oc2ccc3cc(C(=N)N)ccc3c2)cc1. The van der Waals surface area contributed by atoms with Crippen LogP contribution in [-0.4, -0.2) is 77.3 Å². The van der Waals surface area contributed by atoms with Crippen molar-refractivity contribution >= 4 is 77.6 Å². The summed E-state index contributed by atoms with van der Waals surface area (Å²) >= 11 is 0. The van der Waals surface area contributed by atoms with Gasteiger partial charge in [-0.15, -0.1) is 0 Å². The Kier molecular flexibility index (Phi) is 13.0. The summed E-state index contributed by atoms with van der Waals surface area (Å²) in [7, 11) is -9.15. The van der Waals surface area contributed by atoms with Crippen molar-refractivity contribution in [1.82, 2.24) is 0 Å². The summed E-state index contributed by atoms with van der Waals surface area (Å²) in [5.74, 6) is -3.09. The number of carbonyl (C=O) groups excluding carboxylic acids is 5. The molecule has 2 aliphatic carbocycles. The number of hydrogen-bond donors (Lipinski definition) is 7. The molecular weight excluding hydrogens is 747 g/mol. The highest BCUT2D eigenvalue weighted by atomic mass is 32.2. The summed E-state index contributed by atoms with van der Waals surface area (Å²) in [6.07, 6.45) is 0.0127. The third-order valence-corrected chi connectivity index (χ3v) is 10.4. The normalized spacial score (nSPS) is 17.4. The summed E-state index contributed by atoms with van der Waals surface area (Å²) in [4.78, 5) is 57.5. The van der Waals surface area contributed by atoms with Crippen LogP contribution >= 0.6 is 0 Å². The molecule has 0 atom stereocenters. The lowest BCUT2D eigenvalue weighted by atomic mass is 9.76. The quantitative estimate of drug-likeness (QED) is 0.0471. The highest BCUT2D eigenvalue weighted by Crippen LogP contribution is 2.34. The van der Waals surface area contributed by atoms with E-state index in [1.807, 2.05) is 18.2 Å². The second-order valence-corrected chi connectivity index (χ2v) is 17.3. The molecule has 0 amide bonds. The van der Waals surface area contributed by atoms with E-state index in [-0.39, 0.29) is 37.5 Å². The zero-order valence-corrected chi connectivity index (χ0v) is 31.3. The van der Waals surface area contributed by atoms with Crippen molar-refractivity contribution < 1.29 is 54.7 Å². The van der Waals surface area contributed by atoms with Crippen LogP contribution in [0.4, 0.5) is 5.69 Å². The lowest BCUT2D eigenvalue weighted by Crippen LogP contribution is -2.46. The topological polar surface area (TPSA) is 315 Å².